The number of carbonyl (C=O) groups excluding carboxylic acids is 3. The van der Waals surface area contributed by atoms with Gasteiger partial charge < -0.3 is 19.0 Å². The number of amides is 2. The van der Waals surface area contributed by atoms with Crippen LogP contribution in [0.25, 0.3) is 20.8 Å². The molecule has 180 valence electrons. The van der Waals surface area contributed by atoms with E-state index < -0.39 is 11.9 Å². The summed E-state index contributed by atoms with van der Waals surface area (Å²) in [6, 6.07) is 7.62. The van der Waals surface area contributed by atoms with Crippen molar-refractivity contribution in [3.8, 4) is 10.6 Å². The fourth-order valence-corrected chi connectivity index (χ4v) is 5.13. The van der Waals surface area contributed by atoms with Crippen LogP contribution in [0.5, 0.6) is 0 Å². The summed E-state index contributed by atoms with van der Waals surface area (Å²) in [5, 5.41) is 3.36. The number of aryl methyl sites for hydroxylation is 1. The molecule has 1 aromatic carbocycles. The summed E-state index contributed by atoms with van der Waals surface area (Å²) >= 11 is 1.39. The molecule has 3 aromatic rings. The second-order valence-electron chi connectivity index (χ2n) is 8.60. The van der Waals surface area contributed by atoms with Crippen LogP contribution in [-0.2, 0) is 14.3 Å². The number of methoxy groups -OCH3 is 1. The van der Waals surface area contributed by atoms with Crippen LogP contribution in [0.4, 0.5) is 5.88 Å². The van der Waals surface area contributed by atoms with Crippen molar-refractivity contribution in [3.05, 3.63) is 35.6 Å². The first kappa shape index (κ1) is 23.9. The first-order valence-corrected chi connectivity index (χ1v) is 11.9. The molecule has 9 nitrogen and oxygen atoms in total. The highest BCUT2D eigenvalue weighted by molar-refractivity contribution is 7.21. The molecule has 3 heterocycles. The largest absolute Gasteiger partial charge is 0.465 e. The first-order valence-electron chi connectivity index (χ1n) is 11.1. The van der Waals surface area contributed by atoms with Gasteiger partial charge in [0.2, 0.25) is 17.7 Å². The highest BCUT2D eigenvalue weighted by atomic mass is 32.1. The molecule has 2 aromatic heterocycles. The second-order valence-corrected chi connectivity index (χ2v) is 9.63. The van der Waals surface area contributed by atoms with Crippen LogP contribution >= 0.6 is 11.3 Å². The van der Waals surface area contributed by atoms with Crippen LogP contribution in [-0.4, -0.2) is 73.4 Å². The number of thiazole rings is 1. The number of para-hydroxylation sites is 1. The first-order chi connectivity index (χ1) is 16.3. The molecule has 1 unspecified atom stereocenters. The van der Waals surface area contributed by atoms with E-state index in [2.05, 4.69) is 15.2 Å². The van der Waals surface area contributed by atoms with Gasteiger partial charge in [0.05, 0.1) is 28.8 Å². The van der Waals surface area contributed by atoms with Crippen LogP contribution in [0.1, 0.15) is 29.0 Å². The molecule has 0 spiro atoms. The van der Waals surface area contributed by atoms with E-state index in [0.29, 0.717) is 29.4 Å². The van der Waals surface area contributed by atoms with Gasteiger partial charge in [-0.2, -0.15) is 0 Å². The molecule has 1 atom stereocenters. The lowest BCUT2D eigenvalue weighted by atomic mass is 10.1. The number of anilines is 1. The fraction of sp³-hybridized carbons (Fsp3) is 0.417. The van der Waals surface area contributed by atoms with Gasteiger partial charge in [-0.1, -0.05) is 12.1 Å². The van der Waals surface area contributed by atoms with Crippen molar-refractivity contribution in [3.63, 3.8) is 0 Å². The van der Waals surface area contributed by atoms with Gasteiger partial charge in [-0.05, 0) is 46.1 Å². The van der Waals surface area contributed by atoms with Gasteiger partial charge in [-0.15, -0.1) is 11.3 Å². The number of fused-ring (bicyclic) bond motifs is 1. The zero-order valence-electron chi connectivity index (χ0n) is 19.7. The van der Waals surface area contributed by atoms with Crippen molar-refractivity contribution in [1.29, 1.82) is 0 Å². The van der Waals surface area contributed by atoms with Crippen LogP contribution in [0.2, 0.25) is 0 Å². The quantitative estimate of drug-likeness (QED) is 0.489. The number of nitrogens with zero attached hydrogens (tertiary/aromatic N) is 3. The predicted molar refractivity (Wildman–Crippen MR) is 130 cm³/mol. The van der Waals surface area contributed by atoms with Crippen molar-refractivity contribution >= 4 is 45.2 Å². The summed E-state index contributed by atoms with van der Waals surface area (Å²) in [4.78, 5) is 46.5. The van der Waals surface area contributed by atoms with Crippen LogP contribution in [0.3, 0.4) is 0 Å². The highest BCUT2D eigenvalue weighted by Crippen LogP contribution is 2.41. The third kappa shape index (κ3) is 4.83. The number of aromatic nitrogens is 1. The summed E-state index contributed by atoms with van der Waals surface area (Å²) in [7, 11) is 5.27. The second kappa shape index (κ2) is 9.94. The normalized spacial score (nSPS) is 16.0. The lowest BCUT2D eigenvalue weighted by Gasteiger charge is -2.18. The van der Waals surface area contributed by atoms with Crippen LogP contribution < -0.4 is 5.32 Å². The van der Waals surface area contributed by atoms with E-state index in [1.165, 1.54) is 18.4 Å². The smallest absolute Gasteiger partial charge is 0.342 e. The predicted octanol–water partition coefficient (Wildman–Crippen LogP) is 3.39. The number of nitrogens with one attached hydrogen (secondary N) is 1. The molecule has 34 heavy (non-hydrogen) atoms. The Kier molecular flexibility index (Phi) is 6.99. The van der Waals surface area contributed by atoms with E-state index in [1.807, 2.05) is 38.4 Å². The topological polar surface area (TPSA) is 105 Å². The molecule has 0 radical (unpaired) electrons. The number of benzene rings is 1. The molecule has 1 aliphatic heterocycles. The Balaban J connectivity index is 1.59. The minimum Gasteiger partial charge on any atom is -0.465 e. The van der Waals surface area contributed by atoms with Crippen molar-refractivity contribution < 1.29 is 23.5 Å². The number of hydrogen-bond donors (Lipinski definition) is 1. The number of hydrogen-bond acceptors (Lipinski definition) is 8. The summed E-state index contributed by atoms with van der Waals surface area (Å²) in [6.45, 7) is 3.49. The van der Waals surface area contributed by atoms with E-state index in [-0.39, 0.29) is 29.7 Å². The standard InChI is InChI=1S/C24H28N4O5S/c1-14-19(24(31)32-4)20(23-25-16-8-5-6-9-17(16)34-23)22(33-14)26-21(30)15-12-18(29)28(13-15)11-7-10-27(2)3/h5-6,8-9,15H,7,10-13H2,1-4H3,(H,26,30). The summed E-state index contributed by atoms with van der Waals surface area (Å²) < 4.78 is 11.7. The molecule has 1 fully saturated rings. The molecule has 2 amide bonds. The lowest BCUT2D eigenvalue weighted by Crippen LogP contribution is -2.30. The lowest BCUT2D eigenvalue weighted by molar-refractivity contribution is -0.128. The molecular formula is C24H28N4O5S. The number of likely N-dealkylation sites (tertiary alicyclic amines) is 1. The Morgan fingerprint density at radius 1 is 1.32 bits per heavy atom. The van der Waals surface area contributed by atoms with Gasteiger partial charge in [-0.3, -0.25) is 14.9 Å². The Labute approximate surface area is 201 Å². The van der Waals surface area contributed by atoms with Crippen molar-refractivity contribution in [2.24, 2.45) is 5.92 Å². The third-order valence-electron chi connectivity index (χ3n) is 5.84. The van der Waals surface area contributed by atoms with Gasteiger partial charge in [0.25, 0.3) is 0 Å². The fourth-order valence-electron chi connectivity index (χ4n) is 4.12. The Bertz CT molecular complexity index is 1200. The van der Waals surface area contributed by atoms with Crippen molar-refractivity contribution in [2.45, 2.75) is 19.8 Å². The molecule has 4 rings (SSSR count). The maximum atomic E-state index is 13.1. The van der Waals surface area contributed by atoms with Gasteiger partial charge in [0.1, 0.15) is 16.3 Å². The average Bonchev–Trinajstić information content (AvgIpc) is 3.47. The van der Waals surface area contributed by atoms with Crippen molar-refractivity contribution in [2.75, 3.05) is 46.2 Å². The highest BCUT2D eigenvalue weighted by Gasteiger charge is 2.36. The number of furan rings is 1. The average molecular weight is 485 g/mol. The Morgan fingerprint density at radius 3 is 2.79 bits per heavy atom. The van der Waals surface area contributed by atoms with Gasteiger partial charge in [-0.25, -0.2) is 9.78 Å². The summed E-state index contributed by atoms with van der Waals surface area (Å²) in [5.74, 6) is -0.960. The minimum absolute atomic E-state index is 0.0313. The van der Waals surface area contributed by atoms with Crippen LogP contribution in [0, 0.1) is 12.8 Å². The summed E-state index contributed by atoms with van der Waals surface area (Å²) in [5.41, 5.74) is 1.40. The van der Waals surface area contributed by atoms with E-state index in [0.717, 1.165) is 23.2 Å². The van der Waals surface area contributed by atoms with E-state index >= 15 is 0 Å². The number of rotatable bonds is 8. The van der Waals surface area contributed by atoms with Crippen LogP contribution in [0.15, 0.2) is 28.7 Å². The molecule has 0 aliphatic carbocycles. The van der Waals surface area contributed by atoms with Crippen molar-refractivity contribution in [1.82, 2.24) is 14.8 Å². The van der Waals surface area contributed by atoms with E-state index in [9.17, 15) is 14.4 Å². The number of ether oxygens (including phenoxy) is 1. The maximum absolute atomic E-state index is 13.1. The number of esters is 1. The van der Waals surface area contributed by atoms with E-state index in [1.54, 1.807) is 11.8 Å². The molecule has 10 heteroatoms. The Hall–Kier alpha value is -3.24. The number of carbonyl (C=O) groups is 3. The molecular weight excluding hydrogens is 456 g/mol. The van der Waals surface area contributed by atoms with E-state index in [4.69, 9.17) is 9.15 Å². The minimum atomic E-state index is -0.570. The Morgan fingerprint density at radius 2 is 2.09 bits per heavy atom. The zero-order valence-corrected chi connectivity index (χ0v) is 20.5. The molecule has 1 N–H and O–H groups in total. The molecule has 1 aliphatic rings. The maximum Gasteiger partial charge on any atom is 0.342 e. The monoisotopic (exact) mass is 484 g/mol. The molecule has 1 saturated heterocycles. The van der Waals surface area contributed by atoms with Gasteiger partial charge in [0, 0.05) is 19.5 Å². The van der Waals surface area contributed by atoms with Gasteiger partial charge in [0.15, 0.2) is 0 Å². The SMILES string of the molecule is COC(=O)c1c(C)oc(NC(=O)C2CC(=O)N(CCCN(C)C)C2)c1-c1nc2ccccc2s1. The van der Waals surface area contributed by atoms with Gasteiger partial charge >= 0.3 is 5.97 Å². The summed E-state index contributed by atoms with van der Waals surface area (Å²) in [6.07, 6.45) is 0.989. The third-order valence-corrected chi connectivity index (χ3v) is 6.89. The molecule has 0 saturated carbocycles. The molecule has 0 bridgehead atoms. The zero-order chi connectivity index (χ0) is 24.4.